The van der Waals surface area contributed by atoms with Crippen LogP contribution in [0.3, 0.4) is 0 Å². The van der Waals surface area contributed by atoms with E-state index in [1.165, 1.54) is 11.1 Å². The number of nitrogens with zero attached hydrogens (tertiary/aromatic N) is 5. The number of aromatic nitrogens is 4. The molecular weight excluding hydrogens is 414 g/mol. The highest BCUT2D eigenvalue weighted by molar-refractivity contribution is 5.35. The lowest BCUT2D eigenvalue weighted by Gasteiger charge is -2.34. The molecule has 2 aromatic heterocycles. The lowest BCUT2D eigenvalue weighted by atomic mass is 10.00. The zero-order valence-corrected chi connectivity index (χ0v) is 18.7. The second-order valence-electron chi connectivity index (χ2n) is 8.39. The first-order valence-electron chi connectivity index (χ1n) is 11.6. The predicted molar refractivity (Wildman–Crippen MR) is 126 cm³/mol. The van der Waals surface area contributed by atoms with Gasteiger partial charge in [-0.15, -0.1) is 15.3 Å². The van der Waals surface area contributed by atoms with Crippen LogP contribution in [0.25, 0.3) is 5.65 Å². The van der Waals surface area contributed by atoms with Crippen LogP contribution in [0.15, 0.2) is 79.1 Å². The van der Waals surface area contributed by atoms with Gasteiger partial charge in [0.1, 0.15) is 12.4 Å². The van der Waals surface area contributed by atoms with Crippen LogP contribution in [0, 0.1) is 0 Å². The van der Waals surface area contributed by atoms with Crippen molar-refractivity contribution in [2.45, 2.75) is 31.5 Å². The number of likely N-dealkylation sites (tertiary alicyclic amines) is 1. The number of fused-ring (bicyclic) bond motifs is 1. The number of ether oxygens (including phenoxy) is 2. The van der Waals surface area contributed by atoms with E-state index in [0.29, 0.717) is 18.1 Å². The Morgan fingerprint density at radius 2 is 1.58 bits per heavy atom. The highest BCUT2D eigenvalue weighted by atomic mass is 16.5. The first-order valence-corrected chi connectivity index (χ1v) is 11.6. The van der Waals surface area contributed by atoms with Crippen LogP contribution in [0.4, 0.5) is 0 Å². The van der Waals surface area contributed by atoms with Crippen molar-refractivity contribution in [3.8, 4) is 5.88 Å². The van der Waals surface area contributed by atoms with Gasteiger partial charge in [0.2, 0.25) is 5.88 Å². The summed E-state index contributed by atoms with van der Waals surface area (Å²) in [6, 6.07) is 24.8. The number of hydrogen-bond donors (Lipinski definition) is 0. The molecule has 0 radical (unpaired) electrons. The third-order valence-corrected chi connectivity index (χ3v) is 6.07. The summed E-state index contributed by atoms with van der Waals surface area (Å²) in [6.45, 7) is 3.75. The van der Waals surface area contributed by atoms with Crippen LogP contribution in [0.2, 0.25) is 0 Å². The zero-order chi connectivity index (χ0) is 22.3. The Labute approximate surface area is 194 Å². The third kappa shape index (κ3) is 5.56. The average Bonchev–Trinajstić information content (AvgIpc) is 3.35. The summed E-state index contributed by atoms with van der Waals surface area (Å²) in [7, 11) is 0. The Kier molecular flexibility index (Phi) is 6.89. The van der Waals surface area contributed by atoms with Crippen molar-refractivity contribution in [2.75, 3.05) is 26.2 Å². The highest BCUT2D eigenvalue weighted by Gasteiger charge is 2.24. The molecule has 7 heteroatoms. The summed E-state index contributed by atoms with van der Waals surface area (Å²) in [5, 5.41) is 12.1. The third-order valence-electron chi connectivity index (χ3n) is 6.07. The quantitative estimate of drug-likeness (QED) is 0.362. The molecule has 1 saturated heterocycles. The van der Waals surface area contributed by atoms with E-state index >= 15 is 0 Å². The molecule has 0 aliphatic carbocycles. The van der Waals surface area contributed by atoms with E-state index in [4.69, 9.17) is 9.47 Å². The van der Waals surface area contributed by atoms with Crippen molar-refractivity contribution in [3.05, 3.63) is 90.3 Å². The number of hydrogen-bond acceptors (Lipinski definition) is 6. The Balaban J connectivity index is 1.08. The minimum Gasteiger partial charge on any atom is -0.477 e. The molecule has 0 atom stereocenters. The standard InChI is InChI=1S/C26H29N5O2/c1-3-8-21(9-4-1)26(22-10-5-2-6-11-22)33-23-14-17-30(18-15-23)16-7-19-32-25-13-12-24-28-27-20-31(24)29-25/h1-6,8-13,20,23,26H,7,14-19H2. The predicted octanol–water partition coefficient (Wildman–Crippen LogP) is 4.16. The summed E-state index contributed by atoms with van der Waals surface area (Å²) in [5.74, 6) is 0.599. The van der Waals surface area contributed by atoms with Gasteiger partial charge in [0.15, 0.2) is 5.65 Å². The molecule has 1 fully saturated rings. The van der Waals surface area contributed by atoms with Crippen molar-refractivity contribution in [1.29, 1.82) is 0 Å². The molecule has 0 spiro atoms. The fraction of sp³-hybridized carbons (Fsp3) is 0.346. The van der Waals surface area contributed by atoms with Crippen LogP contribution in [-0.2, 0) is 4.74 Å². The molecule has 1 aliphatic heterocycles. The average molecular weight is 444 g/mol. The minimum absolute atomic E-state index is 0.0205. The maximum Gasteiger partial charge on any atom is 0.231 e. The Morgan fingerprint density at radius 1 is 0.879 bits per heavy atom. The van der Waals surface area contributed by atoms with E-state index in [2.05, 4.69) is 80.9 Å². The van der Waals surface area contributed by atoms with Crippen LogP contribution in [0.5, 0.6) is 5.88 Å². The first kappa shape index (κ1) is 21.6. The number of rotatable bonds is 9. The Bertz CT molecular complexity index is 1090. The van der Waals surface area contributed by atoms with Crippen molar-refractivity contribution in [1.82, 2.24) is 24.7 Å². The smallest absolute Gasteiger partial charge is 0.231 e. The summed E-state index contributed by atoms with van der Waals surface area (Å²) in [6.07, 6.45) is 4.88. The highest BCUT2D eigenvalue weighted by Crippen LogP contribution is 2.30. The molecule has 0 unspecified atom stereocenters. The van der Waals surface area contributed by atoms with E-state index < -0.39 is 0 Å². The van der Waals surface area contributed by atoms with Gasteiger partial charge in [0.05, 0.1) is 12.7 Å². The van der Waals surface area contributed by atoms with Gasteiger partial charge in [0.25, 0.3) is 0 Å². The van der Waals surface area contributed by atoms with Gasteiger partial charge in [-0.1, -0.05) is 60.7 Å². The van der Waals surface area contributed by atoms with Crippen molar-refractivity contribution in [2.24, 2.45) is 0 Å². The number of piperidine rings is 1. The lowest BCUT2D eigenvalue weighted by Crippen LogP contribution is -2.38. The van der Waals surface area contributed by atoms with Crippen LogP contribution in [-0.4, -0.2) is 57.1 Å². The Hall–Kier alpha value is -3.29. The lowest BCUT2D eigenvalue weighted by molar-refractivity contribution is -0.0273. The molecule has 0 bridgehead atoms. The van der Waals surface area contributed by atoms with E-state index in [9.17, 15) is 0 Å². The molecule has 2 aromatic carbocycles. The summed E-state index contributed by atoms with van der Waals surface area (Å²) < 4.78 is 14.1. The van der Waals surface area contributed by atoms with Gasteiger partial charge in [-0.2, -0.15) is 4.52 Å². The molecule has 33 heavy (non-hydrogen) atoms. The first-order chi connectivity index (χ1) is 16.3. The van der Waals surface area contributed by atoms with E-state index in [-0.39, 0.29) is 12.2 Å². The van der Waals surface area contributed by atoms with Gasteiger partial charge < -0.3 is 14.4 Å². The van der Waals surface area contributed by atoms with Crippen molar-refractivity contribution >= 4 is 5.65 Å². The summed E-state index contributed by atoms with van der Waals surface area (Å²) in [4.78, 5) is 2.50. The molecular formula is C26H29N5O2. The topological polar surface area (TPSA) is 64.8 Å². The molecule has 7 nitrogen and oxygen atoms in total. The second kappa shape index (κ2) is 10.6. The normalized spacial score (nSPS) is 15.3. The van der Waals surface area contributed by atoms with Crippen molar-refractivity contribution < 1.29 is 9.47 Å². The van der Waals surface area contributed by atoms with Gasteiger partial charge in [-0.25, -0.2) is 0 Å². The van der Waals surface area contributed by atoms with E-state index in [1.54, 1.807) is 10.8 Å². The molecule has 0 saturated carbocycles. The van der Waals surface area contributed by atoms with Crippen LogP contribution < -0.4 is 4.74 Å². The van der Waals surface area contributed by atoms with Gasteiger partial charge in [0, 0.05) is 25.7 Å². The number of benzene rings is 2. The van der Waals surface area contributed by atoms with E-state index in [1.807, 2.05) is 12.1 Å². The van der Waals surface area contributed by atoms with Crippen LogP contribution in [0.1, 0.15) is 36.5 Å². The zero-order valence-electron chi connectivity index (χ0n) is 18.7. The summed E-state index contributed by atoms with van der Waals surface area (Å²) >= 11 is 0. The van der Waals surface area contributed by atoms with E-state index in [0.717, 1.165) is 38.9 Å². The van der Waals surface area contributed by atoms with Crippen LogP contribution >= 0.6 is 0 Å². The maximum absolute atomic E-state index is 6.65. The molecule has 1 aliphatic rings. The van der Waals surface area contributed by atoms with Gasteiger partial charge in [-0.05, 0) is 36.5 Å². The molecule has 3 heterocycles. The summed E-state index contributed by atoms with van der Waals surface area (Å²) in [5.41, 5.74) is 3.14. The fourth-order valence-electron chi connectivity index (χ4n) is 4.32. The minimum atomic E-state index is -0.0205. The van der Waals surface area contributed by atoms with Gasteiger partial charge in [-0.3, -0.25) is 0 Å². The maximum atomic E-state index is 6.65. The molecule has 5 rings (SSSR count). The monoisotopic (exact) mass is 443 g/mol. The fourth-order valence-corrected chi connectivity index (χ4v) is 4.32. The molecule has 0 N–H and O–H groups in total. The van der Waals surface area contributed by atoms with Gasteiger partial charge >= 0.3 is 0 Å². The molecule has 170 valence electrons. The SMILES string of the molecule is c1ccc(C(OC2CCN(CCCOc3ccc4nncn4n3)CC2)c2ccccc2)cc1. The Morgan fingerprint density at radius 3 is 2.27 bits per heavy atom. The second-order valence-corrected chi connectivity index (χ2v) is 8.39. The van der Waals surface area contributed by atoms with Crippen molar-refractivity contribution in [3.63, 3.8) is 0 Å². The largest absolute Gasteiger partial charge is 0.477 e. The molecule has 0 amide bonds. The molecule has 4 aromatic rings.